The lowest BCUT2D eigenvalue weighted by Gasteiger charge is -2.05. The molecule has 0 aliphatic carbocycles. The van der Waals surface area contributed by atoms with Crippen LogP contribution in [-0.4, -0.2) is 10.9 Å². The molecule has 126 valence electrons. The predicted molar refractivity (Wildman–Crippen MR) is 107 cm³/mol. The van der Waals surface area contributed by atoms with Crippen molar-refractivity contribution < 1.29 is 4.79 Å². The molecule has 0 unspecified atom stereocenters. The Morgan fingerprint density at radius 3 is 1.88 bits per heavy atom. The zero-order valence-corrected chi connectivity index (χ0v) is 14.7. The molecule has 3 aromatic carbocycles. The van der Waals surface area contributed by atoms with Gasteiger partial charge in [0, 0.05) is 11.1 Å². The Balaban J connectivity index is 1.75. The number of benzene rings is 3. The van der Waals surface area contributed by atoms with Gasteiger partial charge in [-0.25, -0.2) is 4.98 Å². The highest BCUT2D eigenvalue weighted by Gasteiger charge is 2.17. The van der Waals surface area contributed by atoms with Crippen molar-refractivity contribution in [1.29, 1.82) is 0 Å². The first-order valence-corrected chi connectivity index (χ1v) is 9.11. The van der Waals surface area contributed by atoms with E-state index in [0.29, 0.717) is 11.4 Å². The van der Waals surface area contributed by atoms with Gasteiger partial charge in [-0.3, -0.25) is 4.79 Å². The Hall–Kier alpha value is -3.24. The molecule has 0 aliphatic heterocycles. The van der Waals surface area contributed by atoms with Crippen LogP contribution in [0.1, 0.15) is 10.4 Å². The van der Waals surface area contributed by atoms with Gasteiger partial charge in [0.15, 0.2) is 5.82 Å². The van der Waals surface area contributed by atoms with Crippen molar-refractivity contribution in [1.82, 2.24) is 4.98 Å². The Morgan fingerprint density at radius 2 is 1.27 bits per heavy atom. The average molecular weight is 356 g/mol. The molecule has 0 bridgehead atoms. The van der Waals surface area contributed by atoms with Crippen LogP contribution in [0.15, 0.2) is 91.0 Å². The number of nitrogens with zero attached hydrogens (tertiary/aromatic N) is 1. The Kier molecular flexibility index (Phi) is 4.58. The molecule has 0 radical (unpaired) electrons. The molecule has 4 aromatic rings. The van der Waals surface area contributed by atoms with Gasteiger partial charge in [-0.2, -0.15) is 0 Å². The van der Waals surface area contributed by atoms with Crippen LogP contribution in [0.2, 0.25) is 0 Å². The highest BCUT2D eigenvalue weighted by atomic mass is 32.1. The summed E-state index contributed by atoms with van der Waals surface area (Å²) in [6, 6.07) is 29.2. The van der Waals surface area contributed by atoms with E-state index in [1.165, 1.54) is 0 Å². The summed E-state index contributed by atoms with van der Waals surface area (Å²) in [4.78, 5) is 18.3. The number of hydrogen-bond acceptors (Lipinski definition) is 3. The fourth-order valence-corrected chi connectivity index (χ4v) is 3.69. The monoisotopic (exact) mass is 356 g/mol. The Morgan fingerprint density at radius 1 is 0.731 bits per heavy atom. The van der Waals surface area contributed by atoms with Gasteiger partial charge in [-0.1, -0.05) is 78.9 Å². The lowest BCUT2D eigenvalue weighted by molar-refractivity contribution is 0.102. The van der Waals surface area contributed by atoms with Crippen LogP contribution in [0.25, 0.3) is 21.0 Å². The number of amides is 1. The van der Waals surface area contributed by atoms with E-state index in [4.69, 9.17) is 4.98 Å². The second kappa shape index (κ2) is 7.33. The zero-order chi connectivity index (χ0) is 17.8. The number of hydrogen-bond donors (Lipinski definition) is 1. The number of thiazole rings is 1. The van der Waals surface area contributed by atoms with Crippen molar-refractivity contribution in [3.63, 3.8) is 0 Å². The second-order valence-electron chi connectivity index (χ2n) is 5.75. The van der Waals surface area contributed by atoms with Crippen LogP contribution in [0.3, 0.4) is 0 Å². The first-order chi connectivity index (χ1) is 12.8. The van der Waals surface area contributed by atoms with E-state index in [2.05, 4.69) is 5.32 Å². The molecule has 4 rings (SSSR count). The lowest BCUT2D eigenvalue weighted by Crippen LogP contribution is -2.12. The molecule has 0 spiro atoms. The third-order valence-corrected chi connectivity index (χ3v) is 5.11. The molecule has 4 heteroatoms. The van der Waals surface area contributed by atoms with Gasteiger partial charge >= 0.3 is 0 Å². The molecule has 0 saturated carbocycles. The second-order valence-corrected chi connectivity index (χ2v) is 6.75. The molecule has 1 heterocycles. The van der Waals surface area contributed by atoms with Gasteiger partial charge in [-0.05, 0) is 17.7 Å². The molecule has 0 aliphatic rings. The molecule has 1 amide bonds. The smallest absolute Gasteiger partial charge is 0.256 e. The maximum Gasteiger partial charge on any atom is 0.256 e. The first-order valence-electron chi connectivity index (χ1n) is 8.29. The van der Waals surface area contributed by atoms with Gasteiger partial charge in [0.25, 0.3) is 5.91 Å². The topological polar surface area (TPSA) is 42.0 Å². The van der Waals surface area contributed by atoms with Crippen LogP contribution < -0.4 is 5.32 Å². The summed E-state index contributed by atoms with van der Waals surface area (Å²) in [7, 11) is 0. The highest BCUT2D eigenvalue weighted by molar-refractivity contribution is 7.19. The molecule has 26 heavy (non-hydrogen) atoms. The SMILES string of the molecule is O=C(Nc1nc(-c2ccccc2)sc1-c1ccccc1)c1ccccc1. The van der Waals surface area contributed by atoms with E-state index in [-0.39, 0.29) is 5.91 Å². The highest BCUT2D eigenvalue weighted by Crippen LogP contribution is 2.38. The molecule has 0 atom stereocenters. The number of carbonyl (C=O) groups excluding carboxylic acids is 1. The number of rotatable bonds is 4. The van der Waals surface area contributed by atoms with Crippen LogP contribution in [0.5, 0.6) is 0 Å². The molecule has 1 N–H and O–H groups in total. The minimum atomic E-state index is -0.160. The van der Waals surface area contributed by atoms with E-state index >= 15 is 0 Å². The Bertz CT molecular complexity index is 1010. The third-order valence-electron chi connectivity index (χ3n) is 3.95. The fourth-order valence-electron chi connectivity index (χ4n) is 2.66. The van der Waals surface area contributed by atoms with Gasteiger partial charge in [0.05, 0.1) is 4.88 Å². The molecule has 0 fully saturated rings. The Labute approximate surface area is 156 Å². The molecule has 3 nitrogen and oxygen atoms in total. The van der Waals surface area contributed by atoms with Gasteiger partial charge in [0.2, 0.25) is 0 Å². The van der Waals surface area contributed by atoms with Crippen molar-refractivity contribution in [2.75, 3.05) is 5.32 Å². The minimum Gasteiger partial charge on any atom is -0.305 e. The largest absolute Gasteiger partial charge is 0.305 e. The molecular formula is C22H16N2OS. The van der Waals surface area contributed by atoms with Crippen molar-refractivity contribution in [2.45, 2.75) is 0 Å². The number of anilines is 1. The normalized spacial score (nSPS) is 10.5. The van der Waals surface area contributed by atoms with E-state index in [9.17, 15) is 4.79 Å². The minimum absolute atomic E-state index is 0.160. The summed E-state index contributed by atoms with van der Waals surface area (Å²) in [5.41, 5.74) is 2.69. The summed E-state index contributed by atoms with van der Waals surface area (Å²) >= 11 is 1.58. The van der Waals surface area contributed by atoms with Crippen molar-refractivity contribution in [3.8, 4) is 21.0 Å². The van der Waals surface area contributed by atoms with E-state index < -0.39 is 0 Å². The standard InChI is InChI=1S/C22H16N2OS/c25-21(17-12-6-2-7-13-17)23-20-19(16-10-4-1-5-11-16)26-22(24-20)18-14-8-3-9-15-18/h1-15H,(H,23,25). The summed E-state index contributed by atoms with van der Waals surface area (Å²) in [6.07, 6.45) is 0. The van der Waals surface area contributed by atoms with Crippen LogP contribution in [0, 0.1) is 0 Å². The number of carbonyl (C=O) groups is 1. The number of nitrogens with one attached hydrogen (secondary N) is 1. The predicted octanol–water partition coefficient (Wildman–Crippen LogP) is 5.73. The first kappa shape index (κ1) is 16.2. The lowest BCUT2D eigenvalue weighted by atomic mass is 10.2. The summed E-state index contributed by atoms with van der Waals surface area (Å²) in [5.74, 6) is 0.432. The van der Waals surface area contributed by atoms with Gasteiger partial charge in [-0.15, -0.1) is 11.3 Å². The van der Waals surface area contributed by atoms with Gasteiger partial charge in [0.1, 0.15) is 5.01 Å². The summed E-state index contributed by atoms with van der Waals surface area (Å²) in [5, 5.41) is 3.86. The maximum atomic E-state index is 12.6. The van der Waals surface area contributed by atoms with Crippen molar-refractivity contribution in [3.05, 3.63) is 96.6 Å². The summed E-state index contributed by atoms with van der Waals surface area (Å²) in [6.45, 7) is 0. The molecular weight excluding hydrogens is 340 g/mol. The molecule has 0 saturated heterocycles. The van der Waals surface area contributed by atoms with E-state index in [1.54, 1.807) is 23.5 Å². The number of aromatic nitrogens is 1. The summed E-state index contributed by atoms with van der Waals surface area (Å²) < 4.78 is 0. The van der Waals surface area contributed by atoms with Crippen LogP contribution in [-0.2, 0) is 0 Å². The average Bonchev–Trinajstić information content (AvgIpc) is 3.14. The quantitative estimate of drug-likeness (QED) is 0.507. The molecule has 1 aromatic heterocycles. The van der Waals surface area contributed by atoms with Gasteiger partial charge < -0.3 is 5.32 Å². The van der Waals surface area contributed by atoms with Crippen molar-refractivity contribution >= 4 is 23.1 Å². The van der Waals surface area contributed by atoms with E-state index in [1.807, 2.05) is 78.9 Å². The fraction of sp³-hybridized carbons (Fsp3) is 0. The van der Waals surface area contributed by atoms with Crippen molar-refractivity contribution in [2.24, 2.45) is 0 Å². The van der Waals surface area contributed by atoms with Crippen LogP contribution in [0.4, 0.5) is 5.82 Å². The third kappa shape index (κ3) is 3.41. The van der Waals surface area contributed by atoms with E-state index in [0.717, 1.165) is 21.0 Å². The van der Waals surface area contributed by atoms with Crippen LogP contribution >= 0.6 is 11.3 Å². The zero-order valence-electron chi connectivity index (χ0n) is 13.9. The maximum absolute atomic E-state index is 12.6.